The first-order valence-electron chi connectivity index (χ1n) is 5.13. The van der Waals surface area contributed by atoms with Crippen LogP contribution in [0.25, 0.3) is 0 Å². The van der Waals surface area contributed by atoms with E-state index in [0.717, 1.165) is 4.90 Å². The average molecular weight is 232 g/mol. The number of primary amides is 1. The Morgan fingerprint density at radius 1 is 1.44 bits per heavy atom. The summed E-state index contributed by atoms with van der Waals surface area (Å²) >= 11 is 0. The highest BCUT2D eigenvalue weighted by Crippen LogP contribution is 2.22. The molecule has 0 aromatic heterocycles. The highest BCUT2D eigenvalue weighted by Gasteiger charge is 2.40. The number of carbonyl (C=O) groups excluding carboxylic acids is 2. The molecule has 2 amide bonds. The third-order valence-electron chi connectivity index (χ3n) is 2.21. The van der Waals surface area contributed by atoms with Crippen LogP contribution in [-0.4, -0.2) is 41.3 Å². The summed E-state index contributed by atoms with van der Waals surface area (Å²) in [5, 5.41) is 0. The number of alkyl halides is 1. The fourth-order valence-electron chi connectivity index (χ4n) is 1.58. The van der Waals surface area contributed by atoms with Gasteiger partial charge in [0.2, 0.25) is 5.91 Å². The van der Waals surface area contributed by atoms with Crippen LogP contribution in [0.3, 0.4) is 0 Å². The van der Waals surface area contributed by atoms with Crippen molar-refractivity contribution in [1.82, 2.24) is 4.90 Å². The fourth-order valence-corrected chi connectivity index (χ4v) is 1.58. The maximum Gasteiger partial charge on any atom is 0.411 e. The van der Waals surface area contributed by atoms with Crippen molar-refractivity contribution >= 4 is 12.0 Å². The Morgan fingerprint density at radius 3 is 2.44 bits per heavy atom. The van der Waals surface area contributed by atoms with Crippen molar-refractivity contribution in [2.75, 3.05) is 6.54 Å². The van der Waals surface area contributed by atoms with Gasteiger partial charge in [-0.25, -0.2) is 9.18 Å². The van der Waals surface area contributed by atoms with Crippen molar-refractivity contribution in [3.63, 3.8) is 0 Å². The third kappa shape index (κ3) is 3.08. The number of halogens is 1. The van der Waals surface area contributed by atoms with Gasteiger partial charge in [-0.15, -0.1) is 0 Å². The molecule has 92 valence electrons. The fraction of sp³-hybridized carbons (Fsp3) is 0.800. The Labute approximate surface area is 93.7 Å². The number of likely N-dealkylation sites (tertiary alicyclic amines) is 1. The van der Waals surface area contributed by atoms with E-state index in [-0.39, 0.29) is 13.0 Å². The van der Waals surface area contributed by atoms with Gasteiger partial charge in [0.25, 0.3) is 0 Å². The summed E-state index contributed by atoms with van der Waals surface area (Å²) in [6.07, 6.45) is -1.96. The lowest BCUT2D eigenvalue weighted by molar-refractivity contribution is -0.122. The van der Waals surface area contributed by atoms with Crippen LogP contribution in [0.1, 0.15) is 27.2 Å². The molecule has 16 heavy (non-hydrogen) atoms. The van der Waals surface area contributed by atoms with E-state index in [1.54, 1.807) is 20.8 Å². The molecule has 1 unspecified atom stereocenters. The van der Waals surface area contributed by atoms with Crippen molar-refractivity contribution < 1.29 is 18.7 Å². The minimum Gasteiger partial charge on any atom is -0.444 e. The van der Waals surface area contributed by atoms with Crippen molar-refractivity contribution in [2.45, 2.75) is 45.0 Å². The first kappa shape index (κ1) is 12.7. The highest BCUT2D eigenvalue weighted by atomic mass is 19.1. The zero-order valence-electron chi connectivity index (χ0n) is 9.70. The lowest BCUT2D eigenvalue weighted by Gasteiger charge is -2.26. The molecule has 1 aliphatic heterocycles. The number of hydrogen-bond donors (Lipinski definition) is 1. The Balaban J connectivity index is 2.71. The van der Waals surface area contributed by atoms with Gasteiger partial charge in [-0.1, -0.05) is 0 Å². The van der Waals surface area contributed by atoms with Crippen LogP contribution in [0.2, 0.25) is 0 Å². The van der Waals surface area contributed by atoms with Gasteiger partial charge in [0.15, 0.2) is 0 Å². The van der Waals surface area contributed by atoms with E-state index in [2.05, 4.69) is 0 Å². The lowest BCUT2D eigenvalue weighted by atomic mass is 10.2. The van der Waals surface area contributed by atoms with E-state index < -0.39 is 29.8 Å². The maximum absolute atomic E-state index is 13.1. The van der Waals surface area contributed by atoms with Gasteiger partial charge in [0, 0.05) is 6.42 Å². The summed E-state index contributed by atoms with van der Waals surface area (Å²) in [4.78, 5) is 23.7. The minimum absolute atomic E-state index is 0.0470. The van der Waals surface area contributed by atoms with Crippen LogP contribution in [0.4, 0.5) is 9.18 Å². The quantitative estimate of drug-likeness (QED) is 0.727. The molecular weight excluding hydrogens is 215 g/mol. The Bertz CT molecular complexity index is 301. The second-order valence-electron chi connectivity index (χ2n) is 4.88. The van der Waals surface area contributed by atoms with E-state index >= 15 is 0 Å². The van der Waals surface area contributed by atoms with Crippen LogP contribution in [0, 0.1) is 0 Å². The zero-order chi connectivity index (χ0) is 12.5. The molecule has 5 nitrogen and oxygen atoms in total. The van der Waals surface area contributed by atoms with Gasteiger partial charge in [-0.2, -0.15) is 0 Å². The SMILES string of the molecule is CC(C)(C)OC(=O)N1CC(F)C[C@H]1C(N)=O. The molecule has 0 radical (unpaired) electrons. The second-order valence-corrected chi connectivity index (χ2v) is 4.88. The van der Waals surface area contributed by atoms with Gasteiger partial charge in [0.05, 0.1) is 6.54 Å². The topological polar surface area (TPSA) is 72.6 Å². The summed E-state index contributed by atoms with van der Waals surface area (Å²) < 4.78 is 18.2. The molecule has 0 aromatic rings. The highest BCUT2D eigenvalue weighted by molar-refractivity contribution is 5.85. The standard InChI is InChI=1S/C10H17FN2O3/c1-10(2,3)16-9(15)13-5-6(11)4-7(13)8(12)14/h6-7H,4-5H2,1-3H3,(H2,12,14)/t6?,7-/m0/s1. The van der Waals surface area contributed by atoms with Crippen LogP contribution >= 0.6 is 0 Å². The van der Waals surface area contributed by atoms with Gasteiger partial charge in [0.1, 0.15) is 17.8 Å². The molecule has 0 spiro atoms. The molecule has 0 saturated carbocycles. The van der Waals surface area contributed by atoms with Gasteiger partial charge < -0.3 is 10.5 Å². The molecule has 2 N–H and O–H groups in total. The molecule has 0 aliphatic carbocycles. The Morgan fingerprint density at radius 2 is 2.00 bits per heavy atom. The Hall–Kier alpha value is -1.33. The third-order valence-corrected chi connectivity index (χ3v) is 2.21. The largest absolute Gasteiger partial charge is 0.444 e. The van der Waals surface area contributed by atoms with Crippen molar-refractivity contribution in [3.8, 4) is 0 Å². The van der Waals surface area contributed by atoms with Crippen LogP contribution < -0.4 is 5.73 Å². The zero-order valence-corrected chi connectivity index (χ0v) is 9.70. The smallest absolute Gasteiger partial charge is 0.411 e. The molecule has 0 bridgehead atoms. The van der Waals surface area contributed by atoms with Gasteiger partial charge in [-0.3, -0.25) is 9.69 Å². The summed E-state index contributed by atoms with van der Waals surface area (Å²) in [5.74, 6) is -0.703. The predicted molar refractivity (Wildman–Crippen MR) is 55.4 cm³/mol. The second kappa shape index (κ2) is 4.27. The molecule has 1 rings (SSSR count). The molecular formula is C10H17FN2O3. The Kier molecular flexibility index (Phi) is 3.40. The molecule has 1 fully saturated rings. The number of amides is 2. The van der Waals surface area contributed by atoms with E-state index in [9.17, 15) is 14.0 Å². The van der Waals surface area contributed by atoms with E-state index in [1.165, 1.54) is 0 Å². The molecule has 0 aromatic carbocycles. The van der Waals surface area contributed by atoms with Crippen molar-refractivity contribution in [2.24, 2.45) is 5.73 Å². The number of hydrogen-bond acceptors (Lipinski definition) is 3. The van der Waals surface area contributed by atoms with E-state index in [0.29, 0.717) is 0 Å². The van der Waals surface area contributed by atoms with Gasteiger partial charge in [-0.05, 0) is 20.8 Å². The molecule has 1 aliphatic rings. The van der Waals surface area contributed by atoms with Crippen molar-refractivity contribution in [1.29, 1.82) is 0 Å². The van der Waals surface area contributed by atoms with Crippen LogP contribution in [-0.2, 0) is 9.53 Å². The maximum atomic E-state index is 13.1. The predicted octanol–water partition coefficient (Wildman–Crippen LogP) is 0.819. The molecule has 6 heteroatoms. The minimum atomic E-state index is -1.22. The average Bonchev–Trinajstić information content (AvgIpc) is 2.44. The number of nitrogens with two attached hydrogens (primary N) is 1. The number of rotatable bonds is 1. The van der Waals surface area contributed by atoms with Crippen LogP contribution in [0.5, 0.6) is 0 Å². The van der Waals surface area contributed by atoms with Crippen molar-refractivity contribution in [3.05, 3.63) is 0 Å². The molecule has 2 atom stereocenters. The molecule has 1 saturated heterocycles. The number of ether oxygens (including phenoxy) is 1. The normalized spacial score (nSPS) is 25.6. The molecule has 1 heterocycles. The summed E-state index contributed by atoms with van der Waals surface area (Å²) in [5.41, 5.74) is 4.42. The van der Waals surface area contributed by atoms with E-state index in [1.807, 2.05) is 0 Å². The summed E-state index contributed by atoms with van der Waals surface area (Å²) in [6, 6.07) is -0.898. The van der Waals surface area contributed by atoms with Crippen LogP contribution in [0.15, 0.2) is 0 Å². The number of nitrogens with zero attached hydrogens (tertiary/aromatic N) is 1. The lowest BCUT2D eigenvalue weighted by Crippen LogP contribution is -2.45. The summed E-state index contributed by atoms with van der Waals surface area (Å²) in [6.45, 7) is 4.97. The number of carbonyl (C=O) groups is 2. The monoisotopic (exact) mass is 232 g/mol. The first-order valence-corrected chi connectivity index (χ1v) is 5.13. The van der Waals surface area contributed by atoms with E-state index in [4.69, 9.17) is 10.5 Å². The summed E-state index contributed by atoms with van der Waals surface area (Å²) in [7, 11) is 0. The first-order chi connectivity index (χ1) is 7.20. The van der Waals surface area contributed by atoms with Gasteiger partial charge >= 0.3 is 6.09 Å².